The van der Waals surface area contributed by atoms with E-state index in [0.29, 0.717) is 13.2 Å². The highest BCUT2D eigenvalue weighted by Crippen LogP contribution is 2.40. The topological polar surface area (TPSA) is 99.5 Å². The van der Waals surface area contributed by atoms with E-state index in [1.807, 2.05) is 6.07 Å². The molecule has 2 heterocycles. The minimum atomic E-state index is -1.82. The third-order valence-electron chi connectivity index (χ3n) is 6.98. The van der Waals surface area contributed by atoms with E-state index >= 15 is 0 Å². The molecule has 5 rings (SSSR count). The zero-order chi connectivity index (χ0) is 24.6. The summed E-state index contributed by atoms with van der Waals surface area (Å²) in [5.41, 5.74) is 4.41. The summed E-state index contributed by atoms with van der Waals surface area (Å²) in [6.45, 7) is 6.93. The Labute approximate surface area is 206 Å². The van der Waals surface area contributed by atoms with Gasteiger partial charge in [-0.1, -0.05) is 36.8 Å². The van der Waals surface area contributed by atoms with Gasteiger partial charge in [-0.15, -0.1) is 0 Å². The molecule has 2 aromatic rings. The van der Waals surface area contributed by atoms with Crippen LogP contribution >= 0.6 is 0 Å². The lowest BCUT2D eigenvalue weighted by atomic mass is 9.95. The number of fused-ring (bicyclic) bond motifs is 2. The van der Waals surface area contributed by atoms with Gasteiger partial charge in [0.25, 0.3) is 0 Å². The molecule has 1 fully saturated rings. The predicted octanol–water partition coefficient (Wildman–Crippen LogP) is 3.64. The molecule has 0 spiro atoms. The molecule has 8 nitrogen and oxygen atoms in total. The average molecular weight is 483 g/mol. The van der Waals surface area contributed by atoms with E-state index in [1.165, 1.54) is 44.3 Å². The molecule has 2 N–H and O–H groups in total. The summed E-state index contributed by atoms with van der Waals surface area (Å²) in [6.07, 6.45) is 6.64. The van der Waals surface area contributed by atoms with E-state index in [4.69, 9.17) is 29.3 Å². The Hall–Kier alpha value is -3.26. The largest absolute Gasteiger partial charge is 0.486 e. The maximum Gasteiger partial charge on any atom is 0.414 e. The number of ether oxygens (including phenoxy) is 2. The molecule has 0 radical (unpaired) electrons. The zero-order valence-corrected chi connectivity index (χ0v) is 20.0. The van der Waals surface area contributed by atoms with Crippen LogP contribution in [-0.4, -0.2) is 73.0 Å². The summed E-state index contributed by atoms with van der Waals surface area (Å²) in [6, 6.07) is 15.3. The molecule has 188 valence electrons. The number of para-hydroxylation sites is 1. The van der Waals surface area contributed by atoms with Gasteiger partial charge in [-0.25, -0.2) is 9.59 Å². The number of aliphatic carboxylic acids is 2. The van der Waals surface area contributed by atoms with Gasteiger partial charge in [0.1, 0.15) is 13.2 Å². The Balaban J connectivity index is 0.000000431. The number of benzene rings is 2. The minimum Gasteiger partial charge on any atom is -0.486 e. The highest BCUT2D eigenvalue weighted by Gasteiger charge is 2.24. The van der Waals surface area contributed by atoms with Gasteiger partial charge in [0.2, 0.25) is 0 Å². The Bertz CT molecular complexity index is 1010. The van der Waals surface area contributed by atoms with Crippen molar-refractivity contribution in [2.75, 3.05) is 50.8 Å². The SMILES string of the molecule is O=C(O)C(=O)O.c1ccc2c(c1)CCC2CCCCN1CCN(c2cccc3c2OCCO3)CC1. The summed E-state index contributed by atoms with van der Waals surface area (Å²) in [4.78, 5) is 23.3. The molecule has 8 heteroatoms. The molecule has 1 atom stereocenters. The van der Waals surface area contributed by atoms with Gasteiger partial charge in [0.05, 0.1) is 5.69 Å². The van der Waals surface area contributed by atoms with Gasteiger partial charge in [0.15, 0.2) is 11.5 Å². The lowest BCUT2D eigenvalue weighted by Crippen LogP contribution is -2.46. The van der Waals surface area contributed by atoms with E-state index in [2.05, 4.69) is 46.2 Å². The molecule has 3 aliphatic rings. The molecule has 1 saturated heterocycles. The van der Waals surface area contributed by atoms with Crippen LogP contribution in [0.4, 0.5) is 5.69 Å². The number of hydrogen-bond acceptors (Lipinski definition) is 6. The van der Waals surface area contributed by atoms with Crippen molar-refractivity contribution in [1.29, 1.82) is 0 Å². The summed E-state index contributed by atoms with van der Waals surface area (Å²) in [5, 5.41) is 14.8. The molecule has 1 aliphatic carbocycles. The van der Waals surface area contributed by atoms with E-state index in [0.717, 1.165) is 43.6 Å². The van der Waals surface area contributed by atoms with Crippen molar-refractivity contribution in [2.45, 2.75) is 38.0 Å². The molecule has 0 saturated carbocycles. The van der Waals surface area contributed by atoms with Gasteiger partial charge in [-0.3, -0.25) is 4.90 Å². The predicted molar refractivity (Wildman–Crippen MR) is 133 cm³/mol. The fourth-order valence-corrected chi connectivity index (χ4v) is 5.19. The number of hydrogen-bond donors (Lipinski definition) is 2. The highest BCUT2D eigenvalue weighted by atomic mass is 16.6. The van der Waals surface area contributed by atoms with Crippen LogP contribution in [0.25, 0.3) is 0 Å². The quantitative estimate of drug-likeness (QED) is 0.476. The second kappa shape index (κ2) is 11.9. The molecule has 0 bridgehead atoms. The second-order valence-electron chi connectivity index (χ2n) is 9.17. The fraction of sp³-hybridized carbons (Fsp3) is 0.481. The van der Waals surface area contributed by atoms with Crippen LogP contribution in [-0.2, 0) is 16.0 Å². The lowest BCUT2D eigenvalue weighted by molar-refractivity contribution is -0.159. The van der Waals surface area contributed by atoms with Crippen molar-refractivity contribution < 1.29 is 29.3 Å². The van der Waals surface area contributed by atoms with Crippen LogP contribution in [0.15, 0.2) is 42.5 Å². The van der Waals surface area contributed by atoms with E-state index < -0.39 is 11.9 Å². The number of unbranched alkanes of at least 4 members (excludes halogenated alkanes) is 1. The second-order valence-corrected chi connectivity index (χ2v) is 9.17. The number of anilines is 1. The first-order valence-electron chi connectivity index (χ1n) is 12.4. The van der Waals surface area contributed by atoms with Crippen molar-refractivity contribution in [2.24, 2.45) is 0 Å². The summed E-state index contributed by atoms with van der Waals surface area (Å²) in [7, 11) is 0. The van der Waals surface area contributed by atoms with Gasteiger partial charge < -0.3 is 24.6 Å². The van der Waals surface area contributed by atoms with Gasteiger partial charge >= 0.3 is 11.9 Å². The first-order valence-corrected chi connectivity index (χ1v) is 12.4. The van der Waals surface area contributed by atoms with E-state index in [1.54, 1.807) is 11.1 Å². The molecule has 1 unspecified atom stereocenters. The third kappa shape index (κ3) is 6.45. The maximum absolute atomic E-state index is 9.10. The highest BCUT2D eigenvalue weighted by molar-refractivity contribution is 6.27. The van der Waals surface area contributed by atoms with Crippen LogP contribution in [0.3, 0.4) is 0 Å². The number of carboxylic acids is 2. The minimum absolute atomic E-state index is 0.648. The first kappa shape index (κ1) is 24.9. The normalized spacial score (nSPS) is 18.9. The van der Waals surface area contributed by atoms with Gasteiger partial charge in [0, 0.05) is 26.2 Å². The number of carboxylic acid groups (broad SMARTS) is 2. The Morgan fingerprint density at radius 2 is 1.63 bits per heavy atom. The van der Waals surface area contributed by atoms with Crippen molar-refractivity contribution in [3.63, 3.8) is 0 Å². The molecule has 35 heavy (non-hydrogen) atoms. The summed E-state index contributed by atoms with van der Waals surface area (Å²) < 4.78 is 11.7. The summed E-state index contributed by atoms with van der Waals surface area (Å²) >= 11 is 0. The monoisotopic (exact) mass is 482 g/mol. The van der Waals surface area contributed by atoms with Crippen molar-refractivity contribution in [3.8, 4) is 11.5 Å². The van der Waals surface area contributed by atoms with Crippen LogP contribution in [0.2, 0.25) is 0 Å². The van der Waals surface area contributed by atoms with Gasteiger partial charge in [-0.05, 0) is 61.4 Å². The van der Waals surface area contributed by atoms with E-state index in [-0.39, 0.29) is 0 Å². The zero-order valence-electron chi connectivity index (χ0n) is 20.0. The maximum atomic E-state index is 9.10. The third-order valence-corrected chi connectivity index (χ3v) is 6.98. The van der Waals surface area contributed by atoms with Crippen molar-refractivity contribution in [3.05, 3.63) is 53.6 Å². The molecule has 2 aromatic carbocycles. The van der Waals surface area contributed by atoms with Crippen LogP contribution < -0.4 is 14.4 Å². The molecule has 0 aromatic heterocycles. The molecular formula is C27H34N2O6. The molecule has 0 amide bonds. The average Bonchev–Trinajstić information content (AvgIpc) is 3.30. The Morgan fingerprint density at radius 1 is 0.886 bits per heavy atom. The summed E-state index contributed by atoms with van der Waals surface area (Å²) in [5.74, 6) is -1.02. The van der Waals surface area contributed by atoms with Gasteiger partial charge in [-0.2, -0.15) is 0 Å². The van der Waals surface area contributed by atoms with E-state index in [9.17, 15) is 0 Å². The smallest absolute Gasteiger partial charge is 0.414 e. The number of piperazine rings is 1. The Morgan fingerprint density at radius 3 is 2.40 bits per heavy atom. The molecular weight excluding hydrogens is 448 g/mol. The first-order chi connectivity index (χ1) is 17.0. The number of aryl methyl sites for hydroxylation is 1. The van der Waals surface area contributed by atoms with Crippen LogP contribution in [0, 0.1) is 0 Å². The Kier molecular flexibility index (Phi) is 8.47. The van der Waals surface area contributed by atoms with Crippen LogP contribution in [0.1, 0.15) is 42.7 Å². The lowest BCUT2D eigenvalue weighted by Gasteiger charge is -2.37. The molecule has 2 aliphatic heterocycles. The van der Waals surface area contributed by atoms with Crippen molar-refractivity contribution in [1.82, 2.24) is 4.90 Å². The number of carbonyl (C=O) groups is 2. The standard InChI is InChI=1S/C25H32N2O2.C2H2O4/c1-2-8-22-20(6-1)11-12-21(22)7-3-4-13-26-14-16-27(17-15-26)23-9-5-10-24-25(23)29-19-18-28-24;3-1(4)2(5)6/h1-2,5-6,8-10,21H,3-4,7,11-19H2;(H,3,4)(H,5,6). The number of nitrogens with zero attached hydrogens (tertiary/aromatic N) is 2. The number of rotatable bonds is 6. The fourth-order valence-electron chi connectivity index (χ4n) is 5.19. The van der Waals surface area contributed by atoms with Crippen molar-refractivity contribution >= 4 is 17.6 Å². The van der Waals surface area contributed by atoms with Crippen LogP contribution in [0.5, 0.6) is 11.5 Å².